The lowest BCUT2D eigenvalue weighted by atomic mass is 10.2. The minimum Gasteiger partial charge on any atom is -0.486 e. The molecule has 6 nitrogen and oxygen atoms in total. The molecule has 0 saturated carbocycles. The molecule has 1 aromatic heterocycles. The maximum absolute atomic E-state index is 11.5. The van der Waals surface area contributed by atoms with Crippen molar-refractivity contribution in [2.75, 3.05) is 25.6 Å². The number of methoxy groups -OCH3 is 1. The van der Waals surface area contributed by atoms with Gasteiger partial charge in [-0.25, -0.2) is 4.79 Å². The van der Waals surface area contributed by atoms with Crippen molar-refractivity contribution in [3.05, 3.63) is 41.9 Å². The zero-order valence-electron chi connectivity index (χ0n) is 11.5. The van der Waals surface area contributed by atoms with E-state index < -0.39 is 5.97 Å². The van der Waals surface area contributed by atoms with E-state index in [-0.39, 0.29) is 5.76 Å². The van der Waals surface area contributed by atoms with E-state index in [1.807, 2.05) is 18.2 Å². The van der Waals surface area contributed by atoms with Crippen molar-refractivity contribution in [3.63, 3.8) is 0 Å². The molecule has 1 N–H and O–H groups in total. The summed E-state index contributed by atoms with van der Waals surface area (Å²) in [6, 6.07) is 7.35. The van der Waals surface area contributed by atoms with Crippen LogP contribution in [0.15, 0.2) is 34.9 Å². The zero-order chi connectivity index (χ0) is 14.7. The second kappa shape index (κ2) is 5.78. The Balaban J connectivity index is 1.71. The summed E-state index contributed by atoms with van der Waals surface area (Å²) in [5.74, 6) is 1.18. The van der Waals surface area contributed by atoms with E-state index in [0.29, 0.717) is 25.5 Å². The van der Waals surface area contributed by atoms with Gasteiger partial charge in [0.05, 0.1) is 13.4 Å². The quantitative estimate of drug-likeness (QED) is 0.872. The van der Waals surface area contributed by atoms with E-state index in [2.05, 4.69) is 10.1 Å². The Morgan fingerprint density at radius 2 is 2.05 bits per heavy atom. The molecule has 0 spiro atoms. The first-order valence-electron chi connectivity index (χ1n) is 6.56. The first kappa shape index (κ1) is 13.4. The Kier molecular flexibility index (Phi) is 3.68. The van der Waals surface area contributed by atoms with Crippen molar-refractivity contribution in [1.29, 1.82) is 0 Å². The lowest BCUT2D eigenvalue weighted by Crippen LogP contribution is -2.15. The predicted octanol–water partition coefficient (Wildman–Crippen LogP) is 2.45. The van der Waals surface area contributed by atoms with Crippen LogP contribution in [0.1, 0.15) is 16.1 Å². The minimum atomic E-state index is -0.487. The summed E-state index contributed by atoms with van der Waals surface area (Å²) in [5, 5.41) is 3.21. The molecule has 0 aliphatic carbocycles. The van der Waals surface area contributed by atoms with Gasteiger partial charge in [-0.3, -0.25) is 0 Å². The summed E-state index contributed by atoms with van der Waals surface area (Å²) in [6.07, 6.45) is 1.47. The van der Waals surface area contributed by atoms with Crippen molar-refractivity contribution in [3.8, 4) is 11.5 Å². The third kappa shape index (κ3) is 2.79. The monoisotopic (exact) mass is 289 g/mol. The van der Waals surface area contributed by atoms with Crippen LogP contribution in [0.25, 0.3) is 0 Å². The van der Waals surface area contributed by atoms with E-state index in [1.165, 1.54) is 13.4 Å². The molecule has 1 aromatic carbocycles. The number of fused-ring (bicyclic) bond motifs is 1. The standard InChI is InChI=1S/C15H15NO5/c1-18-15(17)14-10(4-5-21-14)9-16-11-2-3-12-13(8-11)20-7-6-19-12/h2-5,8,16H,6-7,9H2,1H3. The molecule has 3 rings (SSSR count). The van der Waals surface area contributed by atoms with Gasteiger partial charge in [0.1, 0.15) is 13.2 Å². The second-order valence-electron chi connectivity index (χ2n) is 4.48. The molecule has 2 aromatic rings. The van der Waals surface area contributed by atoms with Crippen LogP contribution in [-0.2, 0) is 11.3 Å². The molecule has 1 aliphatic heterocycles. The Morgan fingerprint density at radius 1 is 1.24 bits per heavy atom. The first-order valence-corrected chi connectivity index (χ1v) is 6.56. The van der Waals surface area contributed by atoms with Crippen LogP contribution < -0.4 is 14.8 Å². The molecule has 0 atom stereocenters. The SMILES string of the molecule is COC(=O)c1occc1CNc1ccc2c(c1)OCCO2. The number of furan rings is 1. The summed E-state index contributed by atoms with van der Waals surface area (Å²) in [4.78, 5) is 11.5. The highest BCUT2D eigenvalue weighted by Gasteiger charge is 2.16. The molecule has 0 amide bonds. The molecule has 6 heteroatoms. The number of anilines is 1. The Morgan fingerprint density at radius 3 is 2.86 bits per heavy atom. The molecule has 21 heavy (non-hydrogen) atoms. The lowest BCUT2D eigenvalue weighted by Gasteiger charge is -2.19. The van der Waals surface area contributed by atoms with Gasteiger partial charge in [-0.2, -0.15) is 0 Å². The molecular formula is C15H15NO5. The highest BCUT2D eigenvalue weighted by Crippen LogP contribution is 2.32. The van der Waals surface area contributed by atoms with Crippen molar-refractivity contribution in [1.82, 2.24) is 0 Å². The first-order chi connectivity index (χ1) is 10.3. The molecule has 0 bridgehead atoms. The van der Waals surface area contributed by atoms with Gasteiger partial charge in [0.2, 0.25) is 5.76 Å². The fourth-order valence-corrected chi connectivity index (χ4v) is 2.10. The maximum Gasteiger partial charge on any atom is 0.374 e. The van der Waals surface area contributed by atoms with E-state index in [1.54, 1.807) is 6.07 Å². The topological polar surface area (TPSA) is 69.9 Å². The number of nitrogens with one attached hydrogen (secondary N) is 1. The number of hydrogen-bond acceptors (Lipinski definition) is 6. The zero-order valence-corrected chi connectivity index (χ0v) is 11.5. The van der Waals surface area contributed by atoms with Gasteiger partial charge in [-0.05, 0) is 18.2 Å². The van der Waals surface area contributed by atoms with Gasteiger partial charge in [0, 0.05) is 23.9 Å². The number of ether oxygens (including phenoxy) is 3. The highest BCUT2D eigenvalue weighted by atomic mass is 16.6. The average Bonchev–Trinajstić information content (AvgIpc) is 3.00. The third-order valence-electron chi connectivity index (χ3n) is 3.14. The smallest absolute Gasteiger partial charge is 0.374 e. The number of carbonyl (C=O) groups excluding carboxylic acids is 1. The molecule has 0 unspecified atom stereocenters. The van der Waals surface area contributed by atoms with Crippen LogP contribution >= 0.6 is 0 Å². The lowest BCUT2D eigenvalue weighted by molar-refractivity contribution is 0.0563. The normalized spacial score (nSPS) is 12.8. The van der Waals surface area contributed by atoms with Gasteiger partial charge in [-0.1, -0.05) is 0 Å². The second-order valence-corrected chi connectivity index (χ2v) is 4.48. The van der Waals surface area contributed by atoms with Crippen LogP contribution in [-0.4, -0.2) is 26.3 Å². The maximum atomic E-state index is 11.5. The summed E-state index contributed by atoms with van der Waals surface area (Å²) in [6.45, 7) is 1.56. The van der Waals surface area contributed by atoms with Crippen LogP contribution in [0.3, 0.4) is 0 Å². The minimum absolute atomic E-state index is 0.211. The van der Waals surface area contributed by atoms with Gasteiger partial charge in [0.25, 0.3) is 0 Å². The van der Waals surface area contributed by atoms with Crippen molar-refractivity contribution in [2.45, 2.75) is 6.54 Å². The van der Waals surface area contributed by atoms with Gasteiger partial charge >= 0.3 is 5.97 Å². The van der Waals surface area contributed by atoms with Crippen molar-refractivity contribution >= 4 is 11.7 Å². The molecule has 0 fully saturated rings. The number of hydrogen-bond donors (Lipinski definition) is 1. The molecule has 2 heterocycles. The van der Waals surface area contributed by atoms with Gasteiger partial charge in [-0.15, -0.1) is 0 Å². The van der Waals surface area contributed by atoms with Crippen LogP contribution in [0.2, 0.25) is 0 Å². The Hall–Kier alpha value is -2.63. The van der Waals surface area contributed by atoms with E-state index in [4.69, 9.17) is 13.9 Å². The third-order valence-corrected chi connectivity index (χ3v) is 3.14. The number of esters is 1. The van der Waals surface area contributed by atoms with Crippen LogP contribution in [0, 0.1) is 0 Å². The summed E-state index contributed by atoms with van der Waals surface area (Å²) in [5.41, 5.74) is 1.60. The Labute approximate surface area is 121 Å². The van der Waals surface area contributed by atoms with Gasteiger partial charge < -0.3 is 23.9 Å². The van der Waals surface area contributed by atoms with Crippen LogP contribution in [0.4, 0.5) is 5.69 Å². The molecule has 110 valence electrons. The summed E-state index contributed by atoms with van der Waals surface area (Å²) >= 11 is 0. The number of carbonyl (C=O) groups is 1. The van der Waals surface area contributed by atoms with Gasteiger partial charge in [0.15, 0.2) is 11.5 Å². The fraction of sp³-hybridized carbons (Fsp3) is 0.267. The average molecular weight is 289 g/mol. The van der Waals surface area contributed by atoms with E-state index >= 15 is 0 Å². The van der Waals surface area contributed by atoms with Crippen LogP contribution in [0.5, 0.6) is 11.5 Å². The molecular weight excluding hydrogens is 274 g/mol. The summed E-state index contributed by atoms with van der Waals surface area (Å²) in [7, 11) is 1.32. The van der Waals surface area contributed by atoms with Crippen molar-refractivity contribution in [2.24, 2.45) is 0 Å². The summed E-state index contributed by atoms with van der Waals surface area (Å²) < 4.78 is 20.8. The molecule has 1 aliphatic rings. The highest BCUT2D eigenvalue weighted by molar-refractivity contribution is 5.87. The fourth-order valence-electron chi connectivity index (χ4n) is 2.10. The van der Waals surface area contributed by atoms with E-state index in [9.17, 15) is 4.79 Å². The number of benzene rings is 1. The van der Waals surface area contributed by atoms with Crippen molar-refractivity contribution < 1.29 is 23.4 Å². The largest absolute Gasteiger partial charge is 0.486 e. The predicted molar refractivity (Wildman–Crippen MR) is 74.8 cm³/mol. The number of rotatable bonds is 4. The molecule has 0 radical (unpaired) electrons. The Bertz CT molecular complexity index is 649. The molecule has 0 saturated heterocycles. The van der Waals surface area contributed by atoms with E-state index in [0.717, 1.165) is 17.0 Å².